The molecule has 0 aliphatic rings. The largest absolute Gasteiger partial charge is 0.298 e. The van der Waals surface area contributed by atoms with E-state index in [1.807, 2.05) is 0 Å². The summed E-state index contributed by atoms with van der Waals surface area (Å²) in [6.07, 6.45) is 1.21. The first-order valence-corrected chi connectivity index (χ1v) is 5.06. The normalized spacial score (nSPS) is 15.8. The van der Waals surface area contributed by atoms with Gasteiger partial charge in [0.25, 0.3) is 0 Å². The Morgan fingerprint density at radius 3 is 1.83 bits per heavy atom. The van der Waals surface area contributed by atoms with Gasteiger partial charge in [0.15, 0.2) is 0 Å². The average Bonchev–Trinajstić information content (AvgIpc) is 2.01. The van der Waals surface area contributed by atoms with Gasteiger partial charge < -0.3 is 0 Å². The average molecular weight is 171 g/mol. The highest BCUT2D eigenvalue weighted by atomic mass is 15.2. The lowest BCUT2D eigenvalue weighted by Gasteiger charge is -2.41. The minimum atomic E-state index is 0.337. The predicted molar refractivity (Wildman–Crippen MR) is 56.4 cm³/mol. The Kier molecular flexibility index (Phi) is 4.25. The molecule has 0 fully saturated rings. The molecule has 1 nitrogen and oxygen atoms in total. The van der Waals surface area contributed by atoms with Crippen molar-refractivity contribution in [2.45, 2.75) is 59.5 Å². The zero-order chi connectivity index (χ0) is 9.94. The highest BCUT2D eigenvalue weighted by Gasteiger charge is 2.26. The van der Waals surface area contributed by atoms with E-state index in [2.05, 4.69) is 53.5 Å². The first-order valence-electron chi connectivity index (χ1n) is 5.06. The van der Waals surface area contributed by atoms with Crippen LogP contribution in [0.15, 0.2) is 0 Å². The van der Waals surface area contributed by atoms with Crippen molar-refractivity contribution in [3.63, 3.8) is 0 Å². The maximum Gasteiger partial charge on any atom is 0.0150 e. The molecule has 0 rings (SSSR count). The van der Waals surface area contributed by atoms with Gasteiger partial charge in [-0.3, -0.25) is 4.90 Å². The van der Waals surface area contributed by atoms with E-state index < -0.39 is 0 Å². The van der Waals surface area contributed by atoms with Crippen LogP contribution in [0, 0.1) is 5.92 Å². The van der Waals surface area contributed by atoms with E-state index in [0.717, 1.165) is 5.92 Å². The molecule has 74 valence electrons. The smallest absolute Gasteiger partial charge is 0.0150 e. The van der Waals surface area contributed by atoms with Crippen molar-refractivity contribution in [3.05, 3.63) is 0 Å². The topological polar surface area (TPSA) is 3.24 Å². The van der Waals surface area contributed by atoms with Crippen molar-refractivity contribution >= 4 is 0 Å². The molecule has 0 N–H and O–H groups in total. The molecule has 0 aliphatic carbocycles. The van der Waals surface area contributed by atoms with Crippen molar-refractivity contribution in [1.82, 2.24) is 4.90 Å². The fourth-order valence-electron chi connectivity index (χ4n) is 1.25. The Morgan fingerprint density at radius 1 is 1.17 bits per heavy atom. The van der Waals surface area contributed by atoms with Gasteiger partial charge in [0.05, 0.1) is 0 Å². The van der Waals surface area contributed by atoms with E-state index in [1.165, 1.54) is 6.42 Å². The maximum atomic E-state index is 2.48. The lowest BCUT2D eigenvalue weighted by molar-refractivity contribution is 0.0815. The molecule has 0 amide bonds. The Hall–Kier alpha value is -0.0400. The van der Waals surface area contributed by atoms with Crippen molar-refractivity contribution in [1.29, 1.82) is 0 Å². The van der Waals surface area contributed by atoms with E-state index >= 15 is 0 Å². The standard InChI is InChI=1S/C11H25N/c1-8-11(5,6)12(7)10(4)9(2)3/h9-10H,8H2,1-7H3. The van der Waals surface area contributed by atoms with Gasteiger partial charge in [0, 0.05) is 11.6 Å². The van der Waals surface area contributed by atoms with Crippen molar-refractivity contribution in [3.8, 4) is 0 Å². The second-order valence-electron chi connectivity index (χ2n) is 4.76. The van der Waals surface area contributed by atoms with Gasteiger partial charge in [0.2, 0.25) is 0 Å². The lowest BCUT2D eigenvalue weighted by Crippen LogP contribution is -2.47. The van der Waals surface area contributed by atoms with Gasteiger partial charge in [-0.2, -0.15) is 0 Å². The molecule has 0 aromatic heterocycles. The van der Waals surface area contributed by atoms with E-state index in [9.17, 15) is 0 Å². The van der Waals surface area contributed by atoms with Crippen molar-refractivity contribution in [2.75, 3.05) is 7.05 Å². The first kappa shape index (κ1) is 12.0. The summed E-state index contributed by atoms with van der Waals surface area (Å²) < 4.78 is 0. The fourth-order valence-corrected chi connectivity index (χ4v) is 1.25. The van der Waals surface area contributed by atoms with E-state index in [-0.39, 0.29) is 0 Å². The number of hydrogen-bond donors (Lipinski definition) is 0. The van der Waals surface area contributed by atoms with Gasteiger partial charge in [-0.05, 0) is 40.2 Å². The molecule has 0 saturated heterocycles. The zero-order valence-electron chi connectivity index (χ0n) is 9.81. The third-order valence-electron chi connectivity index (χ3n) is 3.40. The Balaban J connectivity index is 4.27. The highest BCUT2D eigenvalue weighted by Crippen LogP contribution is 2.22. The monoisotopic (exact) mass is 171 g/mol. The molecule has 0 saturated carbocycles. The van der Waals surface area contributed by atoms with Crippen LogP contribution in [0.25, 0.3) is 0 Å². The Labute approximate surface area is 78.1 Å². The number of hydrogen-bond acceptors (Lipinski definition) is 1. The van der Waals surface area contributed by atoms with Crippen LogP contribution in [0.4, 0.5) is 0 Å². The maximum absolute atomic E-state index is 2.48. The number of nitrogens with zero attached hydrogens (tertiary/aromatic N) is 1. The summed E-state index contributed by atoms with van der Waals surface area (Å²) in [5.41, 5.74) is 0.337. The minimum Gasteiger partial charge on any atom is -0.298 e. The summed E-state index contributed by atoms with van der Waals surface area (Å²) in [5.74, 6) is 0.737. The Morgan fingerprint density at radius 2 is 1.58 bits per heavy atom. The van der Waals surface area contributed by atoms with E-state index in [0.29, 0.717) is 11.6 Å². The second kappa shape index (κ2) is 4.27. The molecule has 0 aromatic rings. The van der Waals surface area contributed by atoms with Crippen LogP contribution < -0.4 is 0 Å². The van der Waals surface area contributed by atoms with Crippen LogP contribution in [0.1, 0.15) is 48.0 Å². The van der Waals surface area contributed by atoms with Gasteiger partial charge >= 0.3 is 0 Å². The van der Waals surface area contributed by atoms with Crippen LogP contribution in [-0.4, -0.2) is 23.5 Å². The molecule has 0 aromatic carbocycles. The van der Waals surface area contributed by atoms with Crippen LogP contribution in [0.5, 0.6) is 0 Å². The molecule has 0 bridgehead atoms. The molecular formula is C11H25N. The summed E-state index contributed by atoms with van der Waals surface area (Å²) in [4.78, 5) is 2.48. The molecule has 1 heteroatoms. The second-order valence-corrected chi connectivity index (χ2v) is 4.76. The Bertz CT molecular complexity index is 127. The number of rotatable bonds is 4. The quantitative estimate of drug-likeness (QED) is 0.628. The van der Waals surface area contributed by atoms with Crippen molar-refractivity contribution in [2.24, 2.45) is 5.92 Å². The molecule has 0 spiro atoms. The van der Waals surface area contributed by atoms with Crippen LogP contribution in [-0.2, 0) is 0 Å². The zero-order valence-corrected chi connectivity index (χ0v) is 9.81. The van der Waals surface area contributed by atoms with Crippen LogP contribution in [0.3, 0.4) is 0 Å². The summed E-state index contributed by atoms with van der Waals surface area (Å²) in [6, 6.07) is 0.667. The summed E-state index contributed by atoms with van der Waals surface area (Å²) in [6.45, 7) is 13.8. The molecule has 0 aliphatic heterocycles. The summed E-state index contributed by atoms with van der Waals surface area (Å²) >= 11 is 0. The highest BCUT2D eigenvalue weighted by molar-refractivity contribution is 4.82. The first-order chi connectivity index (χ1) is 5.33. The van der Waals surface area contributed by atoms with Gasteiger partial charge in [-0.25, -0.2) is 0 Å². The third-order valence-corrected chi connectivity index (χ3v) is 3.40. The van der Waals surface area contributed by atoms with Gasteiger partial charge in [0.1, 0.15) is 0 Å². The molecular weight excluding hydrogens is 146 g/mol. The van der Waals surface area contributed by atoms with E-state index in [4.69, 9.17) is 0 Å². The molecule has 0 radical (unpaired) electrons. The SMILES string of the molecule is CCC(C)(C)N(C)C(C)C(C)C. The molecule has 12 heavy (non-hydrogen) atoms. The molecule has 1 unspecified atom stereocenters. The van der Waals surface area contributed by atoms with Crippen molar-refractivity contribution < 1.29 is 0 Å². The third kappa shape index (κ3) is 2.78. The van der Waals surface area contributed by atoms with Crippen LogP contribution in [0.2, 0.25) is 0 Å². The predicted octanol–water partition coefficient (Wildman–Crippen LogP) is 3.15. The van der Waals surface area contributed by atoms with Gasteiger partial charge in [-0.15, -0.1) is 0 Å². The lowest BCUT2D eigenvalue weighted by atomic mass is 9.94. The minimum absolute atomic E-state index is 0.337. The molecule has 0 heterocycles. The summed E-state index contributed by atoms with van der Waals surface area (Å²) in [7, 11) is 2.23. The van der Waals surface area contributed by atoms with E-state index in [1.54, 1.807) is 0 Å². The molecule has 1 atom stereocenters. The van der Waals surface area contributed by atoms with Gasteiger partial charge in [-0.1, -0.05) is 20.8 Å². The summed E-state index contributed by atoms with van der Waals surface area (Å²) in [5, 5.41) is 0. The fraction of sp³-hybridized carbons (Fsp3) is 1.00. The van der Waals surface area contributed by atoms with Crippen LogP contribution >= 0.6 is 0 Å².